The molecule has 2 N–H and O–H groups in total. The van der Waals surface area contributed by atoms with Crippen molar-refractivity contribution >= 4 is 6.09 Å². The maximum Gasteiger partial charge on any atom is 0.407 e. The van der Waals surface area contributed by atoms with Crippen LogP contribution in [0.1, 0.15) is 41.9 Å². The summed E-state index contributed by atoms with van der Waals surface area (Å²) in [5.41, 5.74) is 2.60. The summed E-state index contributed by atoms with van der Waals surface area (Å²) in [6, 6.07) is 21.0. The van der Waals surface area contributed by atoms with Crippen LogP contribution in [-0.2, 0) is 17.8 Å². The number of likely N-dealkylation sites (N-methyl/N-ethyl adjacent to an activating group) is 1. The number of carbonyl (C=O) groups excluding carboxylic acids is 1. The molecular weight excluding hydrogens is 436 g/mol. The zero-order valence-corrected chi connectivity index (χ0v) is 21.5. The summed E-state index contributed by atoms with van der Waals surface area (Å²) < 4.78 is 26.7. The molecule has 2 aliphatic rings. The molecule has 4 unspecified atom stereocenters. The summed E-state index contributed by atoms with van der Waals surface area (Å²) in [4.78, 5) is 16.1. The molecule has 0 spiro atoms. The Kier molecular flexibility index (Phi) is 9.35. The molecule has 0 bridgehead atoms. The molecule has 4 atom stereocenters. The summed E-state index contributed by atoms with van der Waals surface area (Å²) in [6.45, 7) is 7.89. The molecule has 2 heterocycles. The predicted molar refractivity (Wildman–Crippen MR) is 143 cm³/mol. The SMILES string of the molecule is COC(=O)NC1CN(Cc2ccccc2)CCC1C.[2H]C([2H])([2H])NC1CN(Cc2ccccc2)CCC1C. The van der Waals surface area contributed by atoms with E-state index in [1.807, 2.05) is 24.3 Å². The number of rotatable bonds is 6. The fraction of sp³-hybridized carbons (Fsp3) is 0.552. The maximum absolute atomic E-state index is 11.3. The van der Waals surface area contributed by atoms with Gasteiger partial charge >= 0.3 is 6.09 Å². The van der Waals surface area contributed by atoms with Crippen molar-refractivity contribution in [1.82, 2.24) is 20.4 Å². The normalized spacial score (nSPS) is 26.9. The summed E-state index contributed by atoms with van der Waals surface area (Å²) in [5.74, 6) is 0.901. The van der Waals surface area contributed by atoms with E-state index in [-0.39, 0.29) is 18.2 Å². The molecule has 6 heteroatoms. The summed E-state index contributed by atoms with van der Waals surface area (Å²) >= 11 is 0. The molecule has 4 rings (SSSR count). The molecule has 0 aliphatic carbocycles. The highest BCUT2D eigenvalue weighted by atomic mass is 16.5. The number of amides is 1. The van der Waals surface area contributed by atoms with Crippen molar-refractivity contribution in [2.45, 2.75) is 51.9 Å². The highest BCUT2D eigenvalue weighted by Crippen LogP contribution is 2.20. The van der Waals surface area contributed by atoms with Crippen LogP contribution < -0.4 is 10.6 Å². The Morgan fingerprint density at radius 1 is 0.886 bits per heavy atom. The lowest BCUT2D eigenvalue weighted by molar-refractivity contribution is 0.123. The fourth-order valence-corrected chi connectivity index (χ4v) is 4.83. The number of benzene rings is 2. The largest absolute Gasteiger partial charge is 0.453 e. The van der Waals surface area contributed by atoms with Crippen LogP contribution >= 0.6 is 0 Å². The second-order valence-corrected chi connectivity index (χ2v) is 9.97. The number of carbonyl (C=O) groups is 1. The summed E-state index contributed by atoms with van der Waals surface area (Å²) in [6.07, 6.45) is 1.81. The number of piperidine rings is 2. The van der Waals surface area contributed by atoms with E-state index in [1.54, 1.807) is 0 Å². The Bertz CT molecular complexity index is 961. The minimum atomic E-state index is -2.05. The van der Waals surface area contributed by atoms with Gasteiger partial charge in [-0.15, -0.1) is 0 Å². The van der Waals surface area contributed by atoms with Gasteiger partial charge in [0.15, 0.2) is 0 Å². The molecule has 2 aromatic rings. The fourth-order valence-electron chi connectivity index (χ4n) is 4.83. The Morgan fingerprint density at radius 3 is 1.86 bits per heavy atom. The van der Waals surface area contributed by atoms with Crippen molar-refractivity contribution in [2.24, 2.45) is 11.8 Å². The number of nitrogens with one attached hydrogen (secondary N) is 2. The van der Waals surface area contributed by atoms with Gasteiger partial charge in [0, 0.05) is 42.4 Å². The van der Waals surface area contributed by atoms with Crippen LogP contribution in [0, 0.1) is 11.8 Å². The van der Waals surface area contributed by atoms with Gasteiger partial charge in [-0.3, -0.25) is 9.80 Å². The highest BCUT2D eigenvalue weighted by molar-refractivity contribution is 5.67. The number of hydrogen-bond acceptors (Lipinski definition) is 5. The van der Waals surface area contributed by atoms with E-state index >= 15 is 0 Å². The number of likely N-dealkylation sites (tertiary alicyclic amines) is 2. The predicted octanol–water partition coefficient (Wildman–Crippen LogP) is 4.37. The van der Waals surface area contributed by atoms with Crippen LogP contribution in [0.25, 0.3) is 0 Å². The van der Waals surface area contributed by atoms with Crippen molar-refractivity contribution in [2.75, 3.05) is 40.3 Å². The first-order valence-corrected chi connectivity index (χ1v) is 12.8. The standard InChI is InChI=1S/C15H22N2O2.C14H22N2/c1-12-8-9-17(10-13-6-4-3-5-7-13)11-14(12)16-15(18)19-2;1-12-8-9-16(11-14(12)15-2)10-13-6-4-3-5-7-13/h3-7,12,14H,8-11H2,1-2H3,(H,16,18);3-7,12,14-15H,8-11H2,1-2H3/i;2D3. The van der Waals surface area contributed by atoms with Crippen LogP contribution in [0.5, 0.6) is 0 Å². The first-order chi connectivity index (χ1) is 18.1. The molecule has 2 aliphatic heterocycles. The van der Waals surface area contributed by atoms with E-state index in [9.17, 15) is 4.79 Å². The third-order valence-electron chi connectivity index (χ3n) is 7.26. The molecule has 1 amide bonds. The Morgan fingerprint density at radius 2 is 1.37 bits per heavy atom. The lowest BCUT2D eigenvalue weighted by Crippen LogP contribution is -2.51. The monoisotopic (exact) mass is 483 g/mol. The number of ether oxygens (including phenoxy) is 1. The molecule has 192 valence electrons. The first kappa shape index (κ1) is 23.0. The van der Waals surface area contributed by atoms with Gasteiger partial charge in [-0.2, -0.15) is 0 Å². The second kappa shape index (κ2) is 14.2. The smallest absolute Gasteiger partial charge is 0.407 e. The molecule has 0 saturated carbocycles. The number of methoxy groups -OCH3 is 1. The van der Waals surface area contributed by atoms with Gasteiger partial charge in [0.25, 0.3) is 0 Å². The van der Waals surface area contributed by atoms with Gasteiger partial charge in [-0.25, -0.2) is 4.79 Å². The van der Waals surface area contributed by atoms with Gasteiger partial charge in [0.1, 0.15) is 0 Å². The molecule has 0 radical (unpaired) electrons. The van der Waals surface area contributed by atoms with E-state index < -0.39 is 6.98 Å². The third kappa shape index (κ3) is 8.95. The molecule has 2 aromatic carbocycles. The van der Waals surface area contributed by atoms with Gasteiger partial charge < -0.3 is 15.4 Å². The van der Waals surface area contributed by atoms with Crippen LogP contribution in [0.2, 0.25) is 0 Å². The molecule has 0 aromatic heterocycles. The Labute approximate surface area is 216 Å². The molecule has 35 heavy (non-hydrogen) atoms. The van der Waals surface area contributed by atoms with Crippen molar-refractivity contribution in [3.8, 4) is 0 Å². The van der Waals surface area contributed by atoms with Crippen LogP contribution in [-0.4, -0.2) is 68.2 Å². The zero-order valence-electron chi connectivity index (χ0n) is 24.5. The zero-order chi connectivity index (χ0) is 27.5. The van der Waals surface area contributed by atoms with E-state index in [1.165, 1.54) is 18.2 Å². The van der Waals surface area contributed by atoms with Gasteiger partial charge in [-0.1, -0.05) is 74.5 Å². The van der Waals surface area contributed by atoms with Gasteiger partial charge in [-0.05, 0) is 55.9 Å². The van der Waals surface area contributed by atoms with Gasteiger partial charge in [0.2, 0.25) is 0 Å². The minimum absolute atomic E-state index is 0.0463. The van der Waals surface area contributed by atoms with Crippen molar-refractivity contribution < 1.29 is 13.6 Å². The van der Waals surface area contributed by atoms with Crippen molar-refractivity contribution in [3.05, 3.63) is 71.8 Å². The Balaban J connectivity index is 0.000000211. The topological polar surface area (TPSA) is 56.8 Å². The van der Waals surface area contributed by atoms with Crippen LogP contribution in [0.15, 0.2) is 60.7 Å². The quantitative estimate of drug-likeness (QED) is 0.639. The molecular formula is C29H44N4O2. The lowest BCUT2D eigenvalue weighted by atomic mass is 9.93. The number of nitrogens with zero attached hydrogens (tertiary/aromatic N) is 2. The third-order valence-corrected chi connectivity index (χ3v) is 7.26. The van der Waals surface area contributed by atoms with E-state index in [0.29, 0.717) is 11.8 Å². The average molecular weight is 484 g/mol. The van der Waals surface area contributed by atoms with Crippen molar-refractivity contribution in [3.63, 3.8) is 0 Å². The maximum atomic E-state index is 11.3. The molecule has 2 fully saturated rings. The van der Waals surface area contributed by atoms with Crippen LogP contribution in [0.3, 0.4) is 0 Å². The van der Waals surface area contributed by atoms with E-state index in [0.717, 1.165) is 52.1 Å². The summed E-state index contributed by atoms with van der Waals surface area (Å²) in [7, 11) is 1.41. The van der Waals surface area contributed by atoms with Crippen LogP contribution in [0.4, 0.5) is 4.79 Å². The first-order valence-electron chi connectivity index (χ1n) is 14.3. The number of hydrogen-bond donors (Lipinski definition) is 2. The number of alkyl carbamates (subject to hydrolysis) is 1. The van der Waals surface area contributed by atoms with Crippen molar-refractivity contribution in [1.29, 1.82) is 0 Å². The summed E-state index contributed by atoms with van der Waals surface area (Å²) in [5, 5.41) is 5.71. The van der Waals surface area contributed by atoms with E-state index in [4.69, 9.17) is 4.11 Å². The average Bonchev–Trinajstić information content (AvgIpc) is 2.89. The lowest BCUT2D eigenvalue weighted by Gasteiger charge is -2.37. The molecule has 6 nitrogen and oxygen atoms in total. The minimum Gasteiger partial charge on any atom is -0.453 e. The van der Waals surface area contributed by atoms with E-state index in [2.05, 4.69) is 75.4 Å². The second-order valence-electron chi connectivity index (χ2n) is 9.97. The molecule has 2 saturated heterocycles. The highest BCUT2D eigenvalue weighted by Gasteiger charge is 2.27. The van der Waals surface area contributed by atoms with Gasteiger partial charge in [0.05, 0.1) is 7.11 Å². The Hall–Kier alpha value is -2.41.